The van der Waals surface area contributed by atoms with Gasteiger partial charge in [-0.25, -0.2) is 4.98 Å². The van der Waals surface area contributed by atoms with E-state index in [1.807, 2.05) is 29.2 Å². The maximum atomic E-state index is 13.5. The van der Waals surface area contributed by atoms with Crippen LogP contribution in [0.15, 0.2) is 35.0 Å². The Morgan fingerprint density at radius 3 is 2.63 bits per heavy atom. The molecular weight excluding hydrogens is 560 g/mol. The van der Waals surface area contributed by atoms with E-state index < -0.39 is 0 Å². The van der Waals surface area contributed by atoms with Crippen molar-refractivity contribution in [3.63, 3.8) is 0 Å². The van der Waals surface area contributed by atoms with Gasteiger partial charge in [0.1, 0.15) is 0 Å². The zero-order chi connectivity index (χ0) is 29.1. The van der Waals surface area contributed by atoms with Crippen LogP contribution in [0.1, 0.15) is 66.3 Å². The molecule has 3 N–H and O–H groups in total. The highest BCUT2D eigenvalue weighted by Crippen LogP contribution is 2.30. The van der Waals surface area contributed by atoms with Gasteiger partial charge in [0.05, 0.1) is 23.5 Å². The summed E-state index contributed by atoms with van der Waals surface area (Å²) in [6.45, 7) is 7.34. The number of carbonyl (C=O) groups excluding carboxylic acids is 3. The van der Waals surface area contributed by atoms with Crippen LogP contribution >= 0.6 is 22.9 Å². The molecule has 3 amide bonds. The molecule has 4 aliphatic rings. The van der Waals surface area contributed by atoms with Crippen molar-refractivity contribution in [1.29, 1.82) is 0 Å². The lowest BCUT2D eigenvalue weighted by atomic mass is 9.81. The van der Waals surface area contributed by atoms with Gasteiger partial charge in [-0.1, -0.05) is 37.6 Å². The van der Waals surface area contributed by atoms with Gasteiger partial charge < -0.3 is 25.8 Å². The first-order valence-electron chi connectivity index (χ1n) is 14.9. The van der Waals surface area contributed by atoms with Crippen molar-refractivity contribution >= 4 is 40.7 Å². The zero-order valence-electron chi connectivity index (χ0n) is 24.1. The lowest BCUT2D eigenvalue weighted by Gasteiger charge is -2.38. The molecule has 11 heteroatoms. The molecule has 9 nitrogen and oxygen atoms in total. The highest BCUT2D eigenvalue weighted by Gasteiger charge is 2.39. The number of aromatic nitrogens is 1. The summed E-state index contributed by atoms with van der Waals surface area (Å²) in [4.78, 5) is 50.3. The zero-order valence-corrected chi connectivity index (χ0v) is 25.7. The van der Waals surface area contributed by atoms with Crippen LogP contribution in [0, 0.1) is 11.8 Å². The molecule has 2 unspecified atom stereocenters. The van der Waals surface area contributed by atoms with E-state index in [2.05, 4.69) is 46.7 Å². The monoisotopic (exact) mass is 600 g/mol. The van der Waals surface area contributed by atoms with Crippen molar-refractivity contribution in [2.45, 2.75) is 77.0 Å². The van der Waals surface area contributed by atoms with Crippen LogP contribution in [0.3, 0.4) is 0 Å². The molecule has 222 valence electrons. The van der Waals surface area contributed by atoms with Gasteiger partial charge in [0, 0.05) is 60.4 Å². The Labute approximate surface area is 251 Å². The first-order valence-corrected chi connectivity index (χ1v) is 16.1. The second-order valence-corrected chi connectivity index (χ2v) is 13.1. The van der Waals surface area contributed by atoms with Crippen LogP contribution in [-0.4, -0.2) is 77.3 Å². The second kappa shape index (κ2) is 13.1. The molecule has 0 bridgehead atoms. The van der Waals surface area contributed by atoms with Crippen LogP contribution in [0.2, 0.25) is 0 Å². The number of fused-ring (bicyclic) bond motifs is 2. The number of carbonyl (C=O) groups is 3. The molecular formula is C30H41ClN6O3S. The van der Waals surface area contributed by atoms with Gasteiger partial charge in [-0.2, -0.15) is 0 Å². The number of allylic oxidation sites excluding steroid dienone is 2. The summed E-state index contributed by atoms with van der Waals surface area (Å²) in [5, 5.41) is 10.7. The lowest BCUT2D eigenvalue weighted by molar-refractivity contribution is -0.137. The Morgan fingerprint density at radius 1 is 1.12 bits per heavy atom. The van der Waals surface area contributed by atoms with Crippen LogP contribution in [-0.2, 0) is 22.6 Å². The van der Waals surface area contributed by atoms with Crippen molar-refractivity contribution in [2.24, 2.45) is 11.8 Å². The van der Waals surface area contributed by atoms with Gasteiger partial charge in [0.15, 0.2) is 5.01 Å². The molecule has 1 saturated carbocycles. The first kappa shape index (κ1) is 29.8. The Kier molecular flexibility index (Phi) is 9.51. The number of amides is 3. The third kappa shape index (κ3) is 6.87. The molecule has 1 fully saturated rings. The van der Waals surface area contributed by atoms with Gasteiger partial charge in [0.25, 0.3) is 11.8 Å². The second-order valence-electron chi connectivity index (χ2n) is 11.6. The number of hydrogen-bond donors (Lipinski definition) is 3. The van der Waals surface area contributed by atoms with E-state index in [1.54, 1.807) is 0 Å². The highest BCUT2D eigenvalue weighted by atomic mass is 35.5. The average molecular weight is 601 g/mol. The molecule has 3 heterocycles. The van der Waals surface area contributed by atoms with E-state index >= 15 is 0 Å². The molecule has 1 aromatic heterocycles. The lowest BCUT2D eigenvalue weighted by Crippen LogP contribution is -2.56. The van der Waals surface area contributed by atoms with E-state index in [1.165, 1.54) is 11.3 Å². The summed E-state index contributed by atoms with van der Waals surface area (Å²) in [5.41, 5.74) is 1.50. The Balaban J connectivity index is 1.31. The number of rotatable bonds is 9. The minimum absolute atomic E-state index is 0.000188. The summed E-state index contributed by atoms with van der Waals surface area (Å²) in [6, 6.07) is -0.691. The van der Waals surface area contributed by atoms with Gasteiger partial charge in [0.2, 0.25) is 5.91 Å². The number of halogens is 1. The Bertz CT molecular complexity index is 1250. The summed E-state index contributed by atoms with van der Waals surface area (Å²) in [5.74, 6) is -0.482. The van der Waals surface area contributed by atoms with Crippen LogP contribution in [0.4, 0.5) is 0 Å². The average Bonchev–Trinajstić information content (AvgIpc) is 3.57. The fourth-order valence-corrected chi connectivity index (χ4v) is 7.59. The topological polar surface area (TPSA) is 107 Å². The summed E-state index contributed by atoms with van der Waals surface area (Å²) >= 11 is 7.60. The third-order valence-corrected chi connectivity index (χ3v) is 9.74. The number of hydrogen-bond acceptors (Lipinski definition) is 7. The maximum Gasteiger partial charge on any atom is 0.280 e. The molecule has 2 aliphatic heterocycles. The van der Waals surface area contributed by atoms with Crippen LogP contribution < -0.4 is 16.0 Å². The number of nitrogens with zero attached hydrogens (tertiary/aromatic N) is 3. The largest absolute Gasteiger partial charge is 0.374 e. The summed E-state index contributed by atoms with van der Waals surface area (Å²) < 4.78 is 0. The van der Waals surface area contributed by atoms with Crippen LogP contribution in [0.5, 0.6) is 0 Å². The van der Waals surface area contributed by atoms with Crippen molar-refractivity contribution < 1.29 is 14.4 Å². The van der Waals surface area contributed by atoms with Gasteiger partial charge in [-0.3, -0.25) is 14.4 Å². The minimum Gasteiger partial charge on any atom is -0.374 e. The van der Waals surface area contributed by atoms with Gasteiger partial charge in [-0.05, 0) is 51.3 Å². The molecule has 41 heavy (non-hydrogen) atoms. The number of nitrogens with one attached hydrogen (secondary N) is 3. The Hall–Kier alpha value is -2.69. The smallest absolute Gasteiger partial charge is 0.280 e. The van der Waals surface area contributed by atoms with E-state index in [0.717, 1.165) is 56.0 Å². The van der Waals surface area contributed by atoms with E-state index in [0.29, 0.717) is 35.0 Å². The maximum absolute atomic E-state index is 13.5. The van der Waals surface area contributed by atoms with Gasteiger partial charge in [-0.15, -0.1) is 11.3 Å². The van der Waals surface area contributed by atoms with Crippen molar-refractivity contribution in [2.75, 3.05) is 26.7 Å². The fraction of sp³-hybridized carbons (Fsp3) is 0.600. The van der Waals surface area contributed by atoms with E-state index in [9.17, 15) is 14.4 Å². The van der Waals surface area contributed by atoms with Crippen molar-refractivity contribution in [3.8, 4) is 0 Å². The van der Waals surface area contributed by atoms with E-state index in [-0.39, 0.29) is 47.7 Å². The molecule has 0 saturated heterocycles. The molecule has 2 aliphatic carbocycles. The first-order chi connectivity index (χ1) is 19.7. The molecule has 1 aromatic rings. The van der Waals surface area contributed by atoms with Crippen molar-refractivity contribution in [1.82, 2.24) is 30.7 Å². The molecule has 0 aromatic carbocycles. The van der Waals surface area contributed by atoms with Crippen molar-refractivity contribution in [3.05, 3.63) is 50.6 Å². The van der Waals surface area contributed by atoms with Crippen LogP contribution in [0.25, 0.3) is 0 Å². The molecule has 0 spiro atoms. The number of likely N-dealkylation sites (N-methyl/N-ethyl adjacent to an activating group) is 1. The Morgan fingerprint density at radius 2 is 1.88 bits per heavy atom. The predicted octanol–water partition coefficient (Wildman–Crippen LogP) is 3.33. The van der Waals surface area contributed by atoms with E-state index in [4.69, 9.17) is 11.6 Å². The SMILES string of the molecule is CCCN(CCC)C(=O)[C@H]1CC[C@H](NC(=O)C2=CC3C=C(Cl)C=CC3N2)[C@H](NC(=O)c2nc3c(s2)CN(C)CC3)C1. The standard InChI is InChI=1S/C30H41ClN6O3S/c1-4-11-37(12-5-2)30(40)18-6-8-22(33-27(38)25-16-19-14-20(31)7-9-21(19)32-25)24(15-18)34-28(39)29-35-23-10-13-36(3)17-26(23)41-29/h7,9,14,16,18-19,21-22,24,32H,4-6,8,10-13,15,17H2,1-3H3,(H,33,38)(H,34,39)/t18-,19?,21?,22-,24+/m0/s1. The quantitative estimate of drug-likeness (QED) is 0.402. The summed E-state index contributed by atoms with van der Waals surface area (Å²) in [7, 11) is 2.07. The van der Waals surface area contributed by atoms with Gasteiger partial charge >= 0.3 is 0 Å². The normalized spacial score (nSPS) is 27.2. The fourth-order valence-electron chi connectivity index (χ4n) is 6.28. The minimum atomic E-state index is -0.388. The highest BCUT2D eigenvalue weighted by molar-refractivity contribution is 7.13. The molecule has 5 atom stereocenters. The molecule has 0 radical (unpaired) electrons. The molecule has 5 rings (SSSR count). The summed E-state index contributed by atoms with van der Waals surface area (Å²) in [6.07, 6.45) is 12.0. The predicted molar refractivity (Wildman–Crippen MR) is 161 cm³/mol. The number of thiazole rings is 1. The third-order valence-electron chi connectivity index (χ3n) is 8.40.